The van der Waals surface area contributed by atoms with E-state index < -0.39 is 23.5 Å². The lowest BCUT2D eigenvalue weighted by atomic mass is 9.93. The molecule has 1 saturated carbocycles. The number of aromatic nitrogens is 1. The predicted molar refractivity (Wildman–Crippen MR) is 170 cm³/mol. The third-order valence-electron chi connectivity index (χ3n) is 8.49. The lowest BCUT2D eigenvalue weighted by molar-refractivity contribution is -0.164. The summed E-state index contributed by atoms with van der Waals surface area (Å²) in [6, 6.07) is 20.3. The van der Waals surface area contributed by atoms with Crippen molar-refractivity contribution in [3.05, 3.63) is 123 Å². The van der Waals surface area contributed by atoms with Gasteiger partial charge in [-0.15, -0.1) is 0 Å². The Hall–Kier alpha value is -4.76. The number of fused-ring (bicyclic) bond motifs is 1. The summed E-state index contributed by atoms with van der Waals surface area (Å²) in [7, 11) is 0. The molecular formula is C37H37FN2O6. The second kappa shape index (κ2) is 12.6. The van der Waals surface area contributed by atoms with Crippen molar-refractivity contribution in [3.63, 3.8) is 0 Å². The summed E-state index contributed by atoms with van der Waals surface area (Å²) in [5, 5.41) is 7.69. The second-order valence-corrected chi connectivity index (χ2v) is 12.0. The van der Waals surface area contributed by atoms with Crippen molar-refractivity contribution in [2.75, 3.05) is 6.61 Å². The van der Waals surface area contributed by atoms with Gasteiger partial charge in [0.15, 0.2) is 17.0 Å². The zero-order chi connectivity index (χ0) is 32.6. The summed E-state index contributed by atoms with van der Waals surface area (Å²) in [5.41, 5.74) is 4.71. The van der Waals surface area contributed by atoms with Crippen LogP contribution in [-0.4, -0.2) is 29.2 Å². The van der Waals surface area contributed by atoms with Crippen LogP contribution in [0.2, 0.25) is 0 Å². The van der Waals surface area contributed by atoms with Crippen LogP contribution in [0.25, 0.3) is 11.0 Å². The van der Waals surface area contributed by atoms with E-state index in [0.29, 0.717) is 46.6 Å². The molecule has 1 aliphatic rings. The van der Waals surface area contributed by atoms with Gasteiger partial charge in [-0.05, 0) is 87.9 Å². The summed E-state index contributed by atoms with van der Waals surface area (Å²) < 4.78 is 38.7. The molecule has 238 valence electrons. The Labute approximate surface area is 266 Å². The average Bonchev–Trinajstić information content (AvgIpc) is 3.56. The molecule has 3 aromatic carbocycles. The number of nitrogens with one attached hydrogen (secondary N) is 1. The highest BCUT2D eigenvalue weighted by Gasteiger charge is 2.55. The number of hydrogen-bond donors (Lipinski definition) is 1. The predicted octanol–water partition coefficient (Wildman–Crippen LogP) is 7.44. The van der Waals surface area contributed by atoms with Gasteiger partial charge in [0.25, 0.3) is 0 Å². The third-order valence-corrected chi connectivity index (χ3v) is 8.49. The van der Waals surface area contributed by atoms with Gasteiger partial charge < -0.3 is 23.7 Å². The summed E-state index contributed by atoms with van der Waals surface area (Å²) in [6.45, 7) is 9.55. The van der Waals surface area contributed by atoms with E-state index in [2.05, 4.69) is 16.5 Å². The van der Waals surface area contributed by atoms with Gasteiger partial charge in [0.2, 0.25) is 5.91 Å². The van der Waals surface area contributed by atoms with Crippen LogP contribution >= 0.6 is 0 Å². The fourth-order valence-corrected chi connectivity index (χ4v) is 6.05. The molecule has 6 rings (SSSR count). The van der Waals surface area contributed by atoms with Crippen LogP contribution < -0.4 is 5.32 Å². The first-order valence-electron chi connectivity index (χ1n) is 15.5. The van der Waals surface area contributed by atoms with E-state index in [0.717, 1.165) is 22.3 Å². The van der Waals surface area contributed by atoms with E-state index >= 15 is 4.39 Å². The van der Waals surface area contributed by atoms with Gasteiger partial charge in [-0.3, -0.25) is 4.79 Å². The Kier molecular flexibility index (Phi) is 8.53. The van der Waals surface area contributed by atoms with Crippen LogP contribution in [0.1, 0.15) is 82.5 Å². The van der Waals surface area contributed by atoms with Crippen molar-refractivity contribution in [2.45, 2.75) is 71.6 Å². The molecule has 1 N–H and O–H groups in total. The minimum atomic E-state index is -1.12. The highest BCUT2D eigenvalue weighted by molar-refractivity contribution is 5.84. The molecule has 1 amide bonds. The number of carbonyl (C=O) groups is 2. The summed E-state index contributed by atoms with van der Waals surface area (Å²) in [5.74, 6) is -0.517. The molecule has 1 aliphatic carbocycles. The van der Waals surface area contributed by atoms with Crippen molar-refractivity contribution in [1.82, 2.24) is 10.5 Å². The first kappa shape index (κ1) is 31.2. The maximum Gasteiger partial charge on any atom is 0.338 e. The van der Waals surface area contributed by atoms with E-state index in [-0.39, 0.29) is 30.6 Å². The SMILES string of the molecule is CCOC(=O)C1(OC(c2cc3cc(CC(=O)N[C@@H](c4ccccc4)c4ccc(C)cc4C)cc(F)c3o2)c2c(C)noc2C)CC1. The molecule has 0 saturated heterocycles. The molecule has 0 radical (unpaired) electrons. The minimum Gasteiger partial charge on any atom is -0.464 e. The number of carbonyl (C=O) groups excluding carboxylic acids is 2. The zero-order valence-corrected chi connectivity index (χ0v) is 26.6. The van der Waals surface area contributed by atoms with Gasteiger partial charge in [0, 0.05) is 5.39 Å². The van der Waals surface area contributed by atoms with Crippen molar-refractivity contribution >= 4 is 22.8 Å². The van der Waals surface area contributed by atoms with E-state index in [9.17, 15) is 9.59 Å². The van der Waals surface area contributed by atoms with Crippen molar-refractivity contribution in [3.8, 4) is 0 Å². The maximum atomic E-state index is 15.6. The zero-order valence-electron chi connectivity index (χ0n) is 26.6. The number of halogens is 1. The number of ether oxygens (including phenoxy) is 2. The van der Waals surface area contributed by atoms with Gasteiger partial charge >= 0.3 is 5.97 Å². The monoisotopic (exact) mass is 624 g/mol. The summed E-state index contributed by atoms with van der Waals surface area (Å²) in [6.07, 6.45) is 0.0513. The Bertz CT molecular complexity index is 1890. The van der Waals surface area contributed by atoms with Crippen molar-refractivity contribution < 1.29 is 32.4 Å². The molecular weight excluding hydrogens is 587 g/mol. The second-order valence-electron chi connectivity index (χ2n) is 12.0. The smallest absolute Gasteiger partial charge is 0.338 e. The van der Waals surface area contributed by atoms with Crippen molar-refractivity contribution in [1.29, 1.82) is 0 Å². The quantitative estimate of drug-likeness (QED) is 0.152. The highest BCUT2D eigenvalue weighted by atomic mass is 19.1. The lowest BCUT2D eigenvalue weighted by Crippen LogP contribution is -2.31. The number of benzene rings is 3. The molecule has 8 nitrogen and oxygen atoms in total. The van der Waals surface area contributed by atoms with Gasteiger partial charge in [-0.1, -0.05) is 59.3 Å². The van der Waals surface area contributed by atoms with E-state index in [1.807, 2.05) is 56.3 Å². The number of rotatable bonds is 11. The molecule has 0 bridgehead atoms. The molecule has 2 aromatic heterocycles. The number of amides is 1. The van der Waals surface area contributed by atoms with Crippen LogP contribution in [0.4, 0.5) is 4.39 Å². The average molecular weight is 625 g/mol. The lowest BCUT2D eigenvalue weighted by Gasteiger charge is -2.22. The first-order chi connectivity index (χ1) is 22.1. The number of hydrogen-bond acceptors (Lipinski definition) is 7. The number of esters is 1. The largest absolute Gasteiger partial charge is 0.464 e. The van der Waals surface area contributed by atoms with Gasteiger partial charge in [0.1, 0.15) is 17.6 Å². The van der Waals surface area contributed by atoms with Crippen LogP contribution in [0.15, 0.2) is 75.7 Å². The molecule has 1 fully saturated rings. The Balaban J connectivity index is 1.29. The molecule has 0 aliphatic heterocycles. The topological polar surface area (TPSA) is 104 Å². The number of aryl methyl sites for hydroxylation is 4. The minimum absolute atomic E-state index is 0.0259. The Morgan fingerprint density at radius 1 is 1.02 bits per heavy atom. The maximum absolute atomic E-state index is 15.6. The first-order valence-corrected chi connectivity index (χ1v) is 15.5. The van der Waals surface area contributed by atoms with Crippen LogP contribution in [0.3, 0.4) is 0 Å². The van der Waals surface area contributed by atoms with Gasteiger partial charge in [-0.2, -0.15) is 0 Å². The summed E-state index contributed by atoms with van der Waals surface area (Å²) >= 11 is 0. The Morgan fingerprint density at radius 2 is 1.78 bits per heavy atom. The van der Waals surface area contributed by atoms with E-state index in [1.54, 1.807) is 32.9 Å². The molecule has 2 atom stereocenters. The number of furan rings is 1. The van der Waals surface area contributed by atoms with Gasteiger partial charge in [0.05, 0.1) is 30.3 Å². The molecule has 1 unspecified atom stereocenters. The third kappa shape index (κ3) is 6.20. The normalized spacial score (nSPS) is 15.0. The number of nitrogens with zero attached hydrogens (tertiary/aromatic N) is 1. The molecule has 0 spiro atoms. The van der Waals surface area contributed by atoms with E-state index in [4.69, 9.17) is 18.4 Å². The van der Waals surface area contributed by atoms with Gasteiger partial charge in [-0.25, -0.2) is 9.18 Å². The Morgan fingerprint density at radius 3 is 2.43 bits per heavy atom. The molecule has 5 aromatic rings. The van der Waals surface area contributed by atoms with Crippen LogP contribution in [-0.2, 0) is 25.5 Å². The van der Waals surface area contributed by atoms with E-state index in [1.165, 1.54) is 6.07 Å². The highest BCUT2D eigenvalue weighted by Crippen LogP contribution is 2.48. The summed E-state index contributed by atoms with van der Waals surface area (Å²) in [4.78, 5) is 26.3. The molecule has 46 heavy (non-hydrogen) atoms. The fourth-order valence-electron chi connectivity index (χ4n) is 6.05. The standard InChI is InChI=1S/C37H37FN2O6/c1-6-43-36(42)37(14-15-37)45-35(32-23(4)40-46-24(32)5)30-20-27-17-25(18-29(38)34(27)44-30)19-31(41)39-33(26-10-8-7-9-11-26)28-13-12-21(2)16-22(28)3/h7-13,16-18,20,33,35H,6,14-15,19H2,1-5H3,(H,39,41)/t33-,35?/m0/s1. The molecule has 2 heterocycles. The van der Waals surface area contributed by atoms with Crippen LogP contribution in [0, 0.1) is 33.5 Å². The van der Waals surface area contributed by atoms with Crippen molar-refractivity contribution in [2.24, 2.45) is 0 Å². The van der Waals surface area contributed by atoms with Crippen LogP contribution in [0.5, 0.6) is 0 Å². The molecule has 9 heteroatoms. The fraction of sp³-hybridized carbons (Fsp3) is 0.324.